The van der Waals surface area contributed by atoms with Crippen LogP contribution in [0, 0.1) is 5.92 Å². The Kier molecular flexibility index (Phi) is 5.33. The third-order valence-corrected chi connectivity index (χ3v) is 2.40. The molecule has 1 aliphatic rings. The zero-order valence-electron chi connectivity index (χ0n) is 10.6. The maximum absolute atomic E-state index is 5.87. The van der Waals surface area contributed by atoms with Crippen molar-refractivity contribution in [1.82, 2.24) is 0 Å². The van der Waals surface area contributed by atoms with Crippen molar-refractivity contribution < 1.29 is 9.47 Å². The second-order valence-electron chi connectivity index (χ2n) is 4.01. The summed E-state index contributed by atoms with van der Waals surface area (Å²) in [7, 11) is 0. The van der Waals surface area contributed by atoms with Crippen LogP contribution in [0.25, 0.3) is 0 Å². The van der Waals surface area contributed by atoms with Crippen molar-refractivity contribution in [2.24, 2.45) is 5.92 Å². The zero-order valence-corrected chi connectivity index (χ0v) is 10.6. The van der Waals surface area contributed by atoms with Crippen LogP contribution in [0.2, 0.25) is 0 Å². The summed E-state index contributed by atoms with van der Waals surface area (Å²) in [5.41, 5.74) is 0. The Morgan fingerprint density at radius 2 is 1.75 bits per heavy atom. The van der Waals surface area contributed by atoms with E-state index in [-0.39, 0.29) is 6.10 Å². The summed E-state index contributed by atoms with van der Waals surface area (Å²) in [6, 6.07) is 9.93. The molecule has 1 heterocycles. The molecule has 0 saturated carbocycles. The Bertz CT molecular complexity index is 276. The van der Waals surface area contributed by atoms with Crippen LogP contribution < -0.4 is 4.74 Å². The van der Waals surface area contributed by atoms with Crippen LogP contribution in [0.3, 0.4) is 0 Å². The van der Waals surface area contributed by atoms with Gasteiger partial charge in [-0.2, -0.15) is 0 Å². The van der Waals surface area contributed by atoms with E-state index >= 15 is 0 Å². The molecule has 1 aromatic rings. The monoisotopic (exact) mass is 222 g/mol. The lowest BCUT2D eigenvalue weighted by atomic mass is 10.0. The Morgan fingerprint density at radius 3 is 2.19 bits per heavy atom. The van der Waals surface area contributed by atoms with Crippen LogP contribution in [-0.4, -0.2) is 18.8 Å². The first kappa shape index (κ1) is 13.0. The molecule has 16 heavy (non-hydrogen) atoms. The van der Waals surface area contributed by atoms with Crippen LogP contribution in [0.5, 0.6) is 5.75 Å². The quantitative estimate of drug-likeness (QED) is 0.727. The Labute approximate surface area is 98.6 Å². The summed E-state index contributed by atoms with van der Waals surface area (Å²) in [5.74, 6) is 1.42. The molecule has 2 nitrogen and oxygen atoms in total. The van der Waals surface area contributed by atoms with Crippen molar-refractivity contribution in [2.75, 3.05) is 6.61 Å². The van der Waals surface area contributed by atoms with Gasteiger partial charge in [0.1, 0.15) is 18.0 Å². The molecular formula is C14H22O2. The van der Waals surface area contributed by atoms with Gasteiger partial charge in [-0.25, -0.2) is 0 Å². The fraction of sp³-hybridized carbons (Fsp3) is 0.571. The lowest BCUT2D eigenvalue weighted by Gasteiger charge is -2.20. The molecule has 0 amide bonds. The van der Waals surface area contributed by atoms with E-state index in [0.717, 1.165) is 12.4 Å². The first-order chi connectivity index (χ1) is 7.77. The number of ether oxygens (including phenoxy) is 2. The van der Waals surface area contributed by atoms with Crippen LogP contribution in [0.4, 0.5) is 0 Å². The topological polar surface area (TPSA) is 21.8 Å². The van der Waals surface area contributed by atoms with Gasteiger partial charge in [0.2, 0.25) is 0 Å². The molecule has 0 spiro atoms. The molecule has 90 valence electrons. The lowest BCUT2D eigenvalue weighted by Crippen LogP contribution is -2.29. The highest BCUT2D eigenvalue weighted by molar-refractivity contribution is 5.21. The minimum absolute atomic E-state index is 0.192. The molecule has 0 bridgehead atoms. The van der Waals surface area contributed by atoms with Crippen molar-refractivity contribution in [3.63, 3.8) is 0 Å². The van der Waals surface area contributed by atoms with E-state index in [9.17, 15) is 0 Å². The maximum atomic E-state index is 5.87. The van der Waals surface area contributed by atoms with Gasteiger partial charge in [0.05, 0.1) is 6.61 Å². The van der Waals surface area contributed by atoms with Crippen LogP contribution in [0.1, 0.15) is 27.7 Å². The zero-order chi connectivity index (χ0) is 12.0. The third-order valence-electron chi connectivity index (χ3n) is 2.40. The molecule has 1 aliphatic heterocycles. The van der Waals surface area contributed by atoms with Crippen molar-refractivity contribution in [3.8, 4) is 5.75 Å². The standard InChI is InChI=1S/C12H16O2.C2H6/c1-9(2)12(11-8-13-11)14-10-6-4-3-5-7-10;1-2/h3-7,9,11-12H,8H2,1-2H3;1-2H3. The van der Waals surface area contributed by atoms with Gasteiger partial charge in [-0.05, 0) is 18.1 Å². The first-order valence-corrected chi connectivity index (χ1v) is 6.10. The average molecular weight is 222 g/mol. The number of para-hydroxylation sites is 1. The summed E-state index contributed by atoms with van der Waals surface area (Å²) < 4.78 is 11.2. The van der Waals surface area contributed by atoms with Crippen molar-refractivity contribution >= 4 is 0 Å². The molecule has 0 radical (unpaired) electrons. The average Bonchev–Trinajstić information content (AvgIpc) is 3.14. The summed E-state index contributed by atoms with van der Waals surface area (Å²) in [6.45, 7) is 9.17. The predicted octanol–water partition coefficient (Wildman–Crippen LogP) is 3.52. The summed E-state index contributed by atoms with van der Waals surface area (Å²) in [6.07, 6.45) is 0.493. The number of epoxide rings is 1. The highest BCUT2D eigenvalue weighted by Gasteiger charge is 2.36. The highest BCUT2D eigenvalue weighted by atomic mass is 16.6. The van der Waals surface area contributed by atoms with Gasteiger partial charge in [0.15, 0.2) is 0 Å². The van der Waals surface area contributed by atoms with Gasteiger partial charge < -0.3 is 9.47 Å². The van der Waals surface area contributed by atoms with Gasteiger partial charge >= 0.3 is 0 Å². The van der Waals surface area contributed by atoms with Gasteiger partial charge in [0.25, 0.3) is 0 Å². The minimum Gasteiger partial charge on any atom is -0.487 e. The second kappa shape index (κ2) is 6.54. The summed E-state index contributed by atoms with van der Waals surface area (Å²) in [5, 5.41) is 0. The molecular weight excluding hydrogens is 200 g/mol. The molecule has 2 atom stereocenters. The van der Waals surface area contributed by atoms with Gasteiger partial charge in [-0.1, -0.05) is 45.9 Å². The fourth-order valence-electron chi connectivity index (χ4n) is 1.54. The van der Waals surface area contributed by atoms with Crippen molar-refractivity contribution in [1.29, 1.82) is 0 Å². The SMILES string of the molecule is CC.CC(C)C(Oc1ccccc1)C1CO1. The molecule has 0 N–H and O–H groups in total. The van der Waals surface area contributed by atoms with Crippen LogP contribution in [0.15, 0.2) is 30.3 Å². The third kappa shape index (κ3) is 3.86. The van der Waals surface area contributed by atoms with E-state index in [4.69, 9.17) is 9.47 Å². The smallest absolute Gasteiger partial charge is 0.129 e. The van der Waals surface area contributed by atoms with Gasteiger partial charge in [-0.3, -0.25) is 0 Å². The van der Waals surface area contributed by atoms with E-state index in [1.54, 1.807) is 0 Å². The lowest BCUT2D eigenvalue weighted by molar-refractivity contribution is 0.116. The predicted molar refractivity (Wildman–Crippen MR) is 66.8 cm³/mol. The van der Waals surface area contributed by atoms with E-state index in [1.807, 2.05) is 44.2 Å². The van der Waals surface area contributed by atoms with E-state index in [2.05, 4.69) is 13.8 Å². The highest BCUT2D eigenvalue weighted by Crippen LogP contribution is 2.25. The molecule has 2 unspecified atom stereocenters. The number of hydrogen-bond donors (Lipinski definition) is 0. The van der Waals surface area contributed by atoms with E-state index < -0.39 is 0 Å². The van der Waals surface area contributed by atoms with Gasteiger partial charge in [0, 0.05) is 0 Å². The molecule has 0 aliphatic carbocycles. The number of hydrogen-bond acceptors (Lipinski definition) is 2. The first-order valence-electron chi connectivity index (χ1n) is 6.10. The van der Waals surface area contributed by atoms with Crippen LogP contribution in [-0.2, 0) is 4.74 Å². The maximum Gasteiger partial charge on any atom is 0.129 e. The largest absolute Gasteiger partial charge is 0.487 e. The molecule has 1 aromatic carbocycles. The van der Waals surface area contributed by atoms with Crippen LogP contribution >= 0.6 is 0 Å². The Morgan fingerprint density at radius 1 is 1.19 bits per heavy atom. The summed E-state index contributed by atoms with van der Waals surface area (Å²) in [4.78, 5) is 0. The number of rotatable bonds is 4. The Balaban J connectivity index is 0.000000606. The summed E-state index contributed by atoms with van der Waals surface area (Å²) >= 11 is 0. The Hall–Kier alpha value is -1.02. The molecule has 2 rings (SSSR count). The van der Waals surface area contributed by atoms with Crippen molar-refractivity contribution in [2.45, 2.75) is 39.9 Å². The van der Waals surface area contributed by atoms with E-state index in [1.165, 1.54) is 0 Å². The van der Waals surface area contributed by atoms with Gasteiger partial charge in [-0.15, -0.1) is 0 Å². The molecule has 2 heteroatoms. The minimum atomic E-state index is 0.192. The second-order valence-corrected chi connectivity index (χ2v) is 4.01. The molecule has 0 aromatic heterocycles. The van der Waals surface area contributed by atoms with Crippen molar-refractivity contribution in [3.05, 3.63) is 30.3 Å². The molecule has 1 fully saturated rings. The van der Waals surface area contributed by atoms with E-state index in [0.29, 0.717) is 12.0 Å². The number of benzene rings is 1. The normalized spacial score (nSPS) is 19.7. The molecule has 1 saturated heterocycles. The fourth-order valence-corrected chi connectivity index (χ4v) is 1.54.